The molecule has 3 atom stereocenters. The van der Waals surface area contributed by atoms with Gasteiger partial charge in [-0.2, -0.15) is 10.9 Å². The number of hydrogen-bond donors (Lipinski definition) is 1. The zero-order valence-corrected chi connectivity index (χ0v) is 17.6. The maximum atomic E-state index is 12.4. The summed E-state index contributed by atoms with van der Waals surface area (Å²) in [4.78, 5) is 24.4. The number of halogens is 1. The van der Waals surface area contributed by atoms with E-state index >= 15 is 0 Å². The number of hydrogen-bond acceptors (Lipinski definition) is 5. The number of Topliss-reactive ketones (excluding diaryl/α,β-unsaturated/α-hetero) is 1. The Labute approximate surface area is 165 Å². The third-order valence-electron chi connectivity index (χ3n) is 5.02. The molecule has 0 bridgehead atoms. The van der Waals surface area contributed by atoms with Crippen molar-refractivity contribution in [2.75, 3.05) is 26.1 Å². The molecule has 26 heavy (non-hydrogen) atoms. The van der Waals surface area contributed by atoms with Crippen LogP contribution in [0, 0.1) is 0 Å². The standard InChI is InChI=1S/C19H25BrO5S/c1-12-15(21)10-18(22)26(12)11-17(25-13-6-8-24-9-7-13)19-14(20)4-3-5-16(19)23-2/h3-5,12-13,17,26H,6-11H2,1-2H3. The minimum atomic E-state index is -1.05. The smallest absolute Gasteiger partial charge is 0.177 e. The number of benzene rings is 1. The molecule has 2 heterocycles. The Hall–Kier alpha value is -0.890. The first-order valence-corrected chi connectivity index (χ1v) is 11.3. The molecule has 0 amide bonds. The zero-order chi connectivity index (χ0) is 18.7. The van der Waals surface area contributed by atoms with Crippen molar-refractivity contribution in [1.29, 1.82) is 0 Å². The second-order valence-electron chi connectivity index (χ2n) is 6.66. The lowest BCUT2D eigenvalue weighted by Crippen LogP contribution is -2.27. The van der Waals surface area contributed by atoms with E-state index in [0.717, 1.165) is 28.6 Å². The maximum absolute atomic E-state index is 12.4. The number of carbonyl (C=O) groups is 2. The summed E-state index contributed by atoms with van der Waals surface area (Å²) in [5, 5.41) is -0.101. The van der Waals surface area contributed by atoms with Gasteiger partial charge in [0.15, 0.2) is 10.9 Å². The van der Waals surface area contributed by atoms with E-state index in [1.807, 2.05) is 25.1 Å². The van der Waals surface area contributed by atoms with Crippen molar-refractivity contribution in [2.45, 2.75) is 43.6 Å². The Morgan fingerprint density at radius 2 is 2.04 bits per heavy atom. The van der Waals surface area contributed by atoms with E-state index in [-0.39, 0.29) is 34.8 Å². The van der Waals surface area contributed by atoms with Gasteiger partial charge >= 0.3 is 0 Å². The predicted molar refractivity (Wildman–Crippen MR) is 106 cm³/mol. The molecule has 5 nitrogen and oxygen atoms in total. The van der Waals surface area contributed by atoms with Crippen molar-refractivity contribution in [1.82, 2.24) is 0 Å². The second-order valence-corrected chi connectivity index (χ2v) is 10.1. The molecule has 3 unspecified atom stereocenters. The topological polar surface area (TPSA) is 61.8 Å². The van der Waals surface area contributed by atoms with E-state index in [4.69, 9.17) is 14.2 Å². The molecule has 0 aliphatic carbocycles. The van der Waals surface area contributed by atoms with E-state index in [1.165, 1.54) is 0 Å². The van der Waals surface area contributed by atoms with Crippen LogP contribution < -0.4 is 4.74 Å². The van der Waals surface area contributed by atoms with Crippen LogP contribution in [0.25, 0.3) is 0 Å². The Morgan fingerprint density at radius 1 is 1.31 bits per heavy atom. The van der Waals surface area contributed by atoms with Gasteiger partial charge in [0.25, 0.3) is 0 Å². The highest BCUT2D eigenvalue weighted by Crippen LogP contribution is 2.47. The highest BCUT2D eigenvalue weighted by molar-refractivity contribution is 9.10. The summed E-state index contributed by atoms with van der Waals surface area (Å²) in [7, 11) is 0.586. The monoisotopic (exact) mass is 444 g/mol. The van der Waals surface area contributed by atoms with E-state index in [2.05, 4.69) is 15.9 Å². The number of ketones is 1. The van der Waals surface area contributed by atoms with E-state index in [1.54, 1.807) is 7.11 Å². The molecule has 144 valence electrons. The fraction of sp³-hybridized carbons (Fsp3) is 0.579. The lowest BCUT2D eigenvalue weighted by Gasteiger charge is -2.32. The number of methoxy groups -OCH3 is 1. The van der Waals surface area contributed by atoms with Crippen LogP contribution in [-0.2, 0) is 19.1 Å². The summed E-state index contributed by atoms with van der Waals surface area (Å²) in [6.45, 7) is 3.25. The molecule has 0 radical (unpaired) electrons. The molecular formula is C19H25BrO5S. The lowest BCUT2D eigenvalue weighted by molar-refractivity contribution is -0.121. The van der Waals surface area contributed by atoms with E-state index < -0.39 is 10.9 Å². The second kappa shape index (κ2) is 8.87. The first-order chi connectivity index (χ1) is 12.5. The highest BCUT2D eigenvalue weighted by Gasteiger charge is 2.38. The fourth-order valence-corrected chi connectivity index (χ4v) is 6.46. The van der Waals surface area contributed by atoms with Gasteiger partial charge in [-0.15, -0.1) is 0 Å². The molecule has 2 fully saturated rings. The lowest BCUT2D eigenvalue weighted by atomic mass is 10.1. The Bertz CT molecular complexity index is 674. The van der Waals surface area contributed by atoms with Crippen LogP contribution in [0.3, 0.4) is 0 Å². The van der Waals surface area contributed by atoms with Crippen LogP contribution in [0.2, 0.25) is 0 Å². The van der Waals surface area contributed by atoms with Gasteiger partial charge in [-0.1, -0.05) is 22.0 Å². The largest absolute Gasteiger partial charge is 0.496 e. The van der Waals surface area contributed by atoms with Gasteiger partial charge in [-0.05, 0) is 31.9 Å². The highest BCUT2D eigenvalue weighted by atomic mass is 79.9. The summed E-state index contributed by atoms with van der Waals surface area (Å²) in [5.74, 6) is 1.35. The number of ether oxygens (including phenoxy) is 3. The molecule has 0 N–H and O–H groups in total. The molecule has 2 aliphatic heterocycles. The van der Waals surface area contributed by atoms with Crippen LogP contribution in [-0.4, -0.2) is 48.3 Å². The van der Waals surface area contributed by atoms with Crippen LogP contribution in [0.4, 0.5) is 0 Å². The summed E-state index contributed by atoms with van der Waals surface area (Å²) >= 11 is 3.62. The van der Waals surface area contributed by atoms with Crippen molar-refractivity contribution < 1.29 is 23.8 Å². The SMILES string of the molecule is COc1cccc(Br)c1C(C[SH]1C(=O)CC(=O)C1C)OC1CCOCC1. The predicted octanol–water partition coefficient (Wildman–Crippen LogP) is 3.58. The molecule has 7 heteroatoms. The molecule has 1 aromatic rings. The average molecular weight is 445 g/mol. The van der Waals surface area contributed by atoms with Gasteiger partial charge in [-0.25, -0.2) is 0 Å². The minimum Gasteiger partial charge on any atom is -0.496 e. The van der Waals surface area contributed by atoms with E-state index in [0.29, 0.717) is 19.0 Å². The van der Waals surface area contributed by atoms with Gasteiger partial charge in [0, 0.05) is 34.3 Å². The van der Waals surface area contributed by atoms with E-state index in [9.17, 15) is 9.59 Å². The first-order valence-electron chi connectivity index (χ1n) is 8.89. The fourth-order valence-electron chi connectivity index (χ4n) is 3.48. The van der Waals surface area contributed by atoms with Gasteiger partial charge in [0.05, 0.1) is 25.7 Å². The van der Waals surface area contributed by atoms with Crippen molar-refractivity contribution in [3.05, 3.63) is 28.2 Å². The van der Waals surface area contributed by atoms with Crippen molar-refractivity contribution in [3.8, 4) is 5.75 Å². The molecule has 2 aliphatic rings. The number of rotatable bonds is 6. The third-order valence-corrected chi connectivity index (χ3v) is 8.46. The van der Waals surface area contributed by atoms with Crippen LogP contribution in [0.15, 0.2) is 22.7 Å². The molecular weight excluding hydrogens is 420 g/mol. The molecule has 0 aromatic heterocycles. The van der Waals surface area contributed by atoms with Gasteiger partial charge in [0.1, 0.15) is 5.75 Å². The zero-order valence-electron chi connectivity index (χ0n) is 15.1. The van der Waals surface area contributed by atoms with Crippen molar-refractivity contribution in [3.63, 3.8) is 0 Å². The Morgan fingerprint density at radius 3 is 2.65 bits per heavy atom. The third kappa shape index (κ3) is 4.32. The van der Waals surface area contributed by atoms with Gasteiger partial charge < -0.3 is 14.2 Å². The van der Waals surface area contributed by atoms with Crippen LogP contribution >= 0.6 is 26.8 Å². The summed E-state index contributed by atoms with van der Waals surface area (Å²) < 4.78 is 18.3. The summed E-state index contributed by atoms with van der Waals surface area (Å²) in [5.41, 5.74) is 0.920. The molecule has 2 saturated heterocycles. The molecule has 0 saturated carbocycles. The number of thiol groups is 1. The van der Waals surface area contributed by atoms with Gasteiger partial charge in [0.2, 0.25) is 0 Å². The van der Waals surface area contributed by atoms with Crippen molar-refractivity contribution >= 4 is 37.7 Å². The Kier molecular flexibility index (Phi) is 6.77. The first kappa shape index (κ1) is 19.9. The molecule has 0 spiro atoms. The number of carbonyl (C=O) groups excluding carboxylic acids is 2. The van der Waals surface area contributed by atoms with Crippen molar-refractivity contribution in [2.24, 2.45) is 0 Å². The summed E-state index contributed by atoms with van der Waals surface area (Å²) in [6.07, 6.45) is 1.55. The maximum Gasteiger partial charge on any atom is 0.177 e. The normalized spacial score (nSPS) is 26.9. The van der Waals surface area contributed by atoms with Gasteiger partial charge in [-0.3, -0.25) is 9.59 Å². The Balaban J connectivity index is 1.89. The average Bonchev–Trinajstić information content (AvgIpc) is 2.88. The quantitative estimate of drug-likeness (QED) is 0.536. The van der Waals surface area contributed by atoms with Crippen LogP contribution in [0.1, 0.15) is 37.9 Å². The minimum absolute atomic E-state index is 0.0602. The molecule has 3 rings (SSSR count). The molecule has 1 aromatic carbocycles. The summed E-state index contributed by atoms with van der Waals surface area (Å²) in [6, 6.07) is 5.77. The van der Waals surface area contributed by atoms with Crippen LogP contribution in [0.5, 0.6) is 5.75 Å².